The molecule has 0 amide bonds. The van der Waals surface area contributed by atoms with E-state index in [1.807, 2.05) is 6.08 Å². The first-order valence-corrected chi connectivity index (χ1v) is 6.02. The maximum absolute atomic E-state index is 5.88. The molecule has 0 aromatic heterocycles. The normalized spacial score (nSPS) is 19.2. The lowest BCUT2D eigenvalue weighted by Crippen LogP contribution is -2.36. The predicted octanol–water partition coefficient (Wildman–Crippen LogP) is 2.11. The average molecular weight is 229 g/mol. The summed E-state index contributed by atoms with van der Waals surface area (Å²) in [5, 5.41) is 0. The van der Waals surface area contributed by atoms with Crippen molar-refractivity contribution in [3.8, 4) is 0 Å². The maximum atomic E-state index is 5.88. The summed E-state index contributed by atoms with van der Waals surface area (Å²) < 4.78 is 0. The molecular weight excluding hydrogens is 210 g/mol. The monoisotopic (exact) mass is 229 g/mol. The Morgan fingerprint density at radius 2 is 2.18 bits per heavy atom. The third-order valence-corrected chi connectivity index (χ3v) is 3.20. The number of hydrogen-bond acceptors (Lipinski definition) is 3. The summed E-state index contributed by atoms with van der Waals surface area (Å²) in [4.78, 5) is 6.40. The molecule has 2 N–H and O–H groups in total. The number of aliphatic imine (C=N–C) groups is 1. The molecule has 1 aliphatic heterocycles. The van der Waals surface area contributed by atoms with Crippen LogP contribution < -0.4 is 5.73 Å². The lowest BCUT2D eigenvalue weighted by atomic mass is 10.0. The molecule has 1 heterocycles. The van der Waals surface area contributed by atoms with E-state index >= 15 is 0 Å². The highest BCUT2D eigenvalue weighted by atomic mass is 15.3. The smallest absolute Gasteiger partial charge is 0.192 e. The van der Waals surface area contributed by atoms with E-state index in [1.165, 1.54) is 11.1 Å². The molecule has 3 nitrogen and oxygen atoms in total. The molecule has 1 aliphatic rings. The highest BCUT2D eigenvalue weighted by molar-refractivity contribution is 5.80. The summed E-state index contributed by atoms with van der Waals surface area (Å²) >= 11 is 0. The summed E-state index contributed by atoms with van der Waals surface area (Å²) in [6.07, 6.45) is 2.93. The quantitative estimate of drug-likeness (QED) is 0.803. The van der Waals surface area contributed by atoms with Crippen molar-refractivity contribution in [2.45, 2.75) is 19.4 Å². The fraction of sp³-hybridized carbons (Fsp3) is 0.357. The molecule has 1 unspecified atom stereocenters. The molecule has 2 rings (SSSR count). The molecule has 1 aromatic carbocycles. The molecule has 0 saturated heterocycles. The summed E-state index contributed by atoms with van der Waals surface area (Å²) in [7, 11) is 0. The van der Waals surface area contributed by atoms with Crippen LogP contribution in [-0.2, 0) is 6.42 Å². The van der Waals surface area contributed by atoms with Gasteiger partial charge in [-0.25, -0.2) is 0 Å². The molecule has 3 heteroatoms. The summed E-state index contributed by atoms with van der Waals surface area (Å²) in [5.74, 6) is 0.620. The molecule has 90 valence electrons. The van der Waals surface area contributed by atoms with Crippen LogP contribution >= 0.6 is 0 Å². The molecule has 0 bridgehead atoms. The van der Waals surface area contributed by atoms with Gasteiger partial charge in [-0.15, -0.1) is 6.58 Å². The molecule has 0 radical (unpaired) electrons. The largest absolute Gasteiger partial charge is 0.370 e. The van der Waals surface area contributed by atoms with E-state index in [2.05, 4.69) is 47.7 Å². The highest BCUT2D eigenvalue weighted by Gasteiger charge is 2.25. The van der Waals surface area contributed by atoms with Crippen LogP contribution in [0.4, 0.5) is 0 Å². The van der Waals surface area contributed by atoms with Gasteiger partial charge in [0, 0.05) is 6.54 Å². The first-order valence-electron chi connectivity index (χ1n) is 6.02. The van der Waals surface area contributed by atoms with Crippen LogP contribution in [0.15, 0.2) is 41.9 Å². The van der Waals surface area contributed by atoms with Crippen molar-refractivity contribution in [3.05, 3.63) is 48.0 Å². The van der Waals surface area contributed by atoms with Gasteiger partial charge < -0.3 is 10.6 Å². The first kappa shape index (κ1) is 11.7. The van der Waals surface area contributed by atoms with Gasteiger partial charge in [-0.1, -0.05) is 37.3 Å². The van der Waals surface area contributed by atoms with Gasteiger partial charge in [0.05, 0.1) is 12.6 Å². The van der Waals surface area contributed by atoms with Gasteiger partial charge in [-0.05, 0) is 17.5 Å². The molecule has 1 aromatic rings. The number of guanidine groups is 1. The van der Waals surface area contributed by atoms with Gasteiger partial charge in [0.25, 0.3) is 0 Å². The minimum Gasteiger partial charge on any atom is -0.370 e. The molecule has 0 fully saturated rings. The van der Waals surface area contributed by atoms with Crippen molar-refractivity contribution in [3.63, 3.8) is 0 Å². The van der Waals surface area contributed by atoms with E-state index in [4.69, 9.17) is 5.73 Å². The average Bonchev–Trinajstić information content (AvgIpc) is 2.72. The van der Waals surface area contributed by atoms with E-state index in [9.17, 15) is 0 Å². The molecule has 0 aliphatic carbocycles. The third-order valence-electron chi connectivity index (χ3n) is 3.20. The topological polar surface area (TPSA) is 41.6 Å². The number of hydrogen-bond donors (Lipinski definition) is 1. The van der Waals surface area contributed by atoms with Crippen molar-refractivity contribution >= 4 is 5.96 Å². The van der Waals surface area contributed by atoms with Gasteiger partial charge >= 0.3 is 0 Å². The minimum absolute atomic E-state index is 0.263. The standard InChI is InChI=1S/C14H19N3/c1-3-9-17-13(10-16-14(17)15)12-7-5-11(4-2)6-8-12/h3,5-8,13H,1,4,9-10H2,2H3,(H2,15,16). The zero-order valence-corrected chi connectivity index (χ0v) is 10.3. The number of nitrogens with zero attached hydrogens (tertiary/aromatic N) is 2. The molecule has 1 atom stereocenters. The van der Waals surface area contributed by atoms with Gasteiger partial charge in [-0.3, -0.25) is 4.99 Å². The second kappa shape index (κ2) is 5.04. The van der Waals surface area contributed by atoms with E-state index in [0.717, 1.165) is 19.5 Å². The fourth-order valence-corrected chi connectivity index (χ4v) is 2.15. The van der Waals surface area contributed by atoms with Crippen molar-refractivity contribution in [1.82, 2.24) is 4.90 Å². The zero-order chi connectivity index (χ0) is 12.3. The SMILES string of the molecule is C=CCN1C(N)=NCC1c1ccc(CC)cc1. The highest BCUT2D eigenvalue weighted by Crippen LogP contribution is 2.25. The number of aryl methyl sites for hydroxylation is 1. The summed E-state index contributed by atoms with van der Waals surface area (Å²) in [6, 6.07) is 8.96. The Bertz CT molecular complexity index is 420. The fourth-order valence-electron chi connectivity index (χ4n) is 2.15. The van der Waals surface area contributed by atoms with E-state index in [1.54, 1.807) is 0 Å². The van der Waals surface area contributed by atoms with Crippen molar-refractivity contribution in [2.75, 3.05) is 13.1 Å². The second-order valence-electron chi connectivity index (χ2n) is 4.25. The van der Waals surface area contributed by atoms with Crippen LogP contribution in [0.5, 0.6) is 0 Å². The predicted molar refractivity (Wildman–Crippen MR) is 72.0 cm³/mol. The van der Waals surface area contributed by atoms with E-state index in [-0.39, 0.29) is 6.04 Å². The van der Waals surface area contributed by atoms with Crippen molar-refractivity contribution < 1.29 is 0 Å². The van der Waals surface area contributed by atoms with Gasteiger partial charge in [-0.2, -0.15) is 0 Å². The van der Waals surface area contributed by atoms with Gasteiger partial charge in [0.15, 0.2) is 5.96 Å². The van der Waals surface area contributed by atoms with Crippen molar-refractivity contribution in [2.24, 2.45) is 10.7 Å². The third kappa shape index (κ3) is 2.33. The Labute approximate surface area is 103 Å². The second-order valence-corrected chi connectivity index (χ2v) is 4.25. The van der Waals surface area contributed by atoms with E-state index in [0.29, 0.717) is 5.96 Å². The lowest BCUT2D eigenvalue weighted by Gasteiger charge is -2.25. The van der Waals surface area contributed by atoms with Crippen LogP contribution in [0.3, 0.4) is 0 Å². The van der Waals surface area contributed by atoms with Crippen LogP contribution in [0.2, 0.25) is 0 Å². The van der Waals surface area contributed by atoms with E-state index < -0.39 is 0 Å². The Morgan fingerprint density at radius 3 is 2.76 bits per heavy atom. The maximum Gasteiger partial charge on any atom is 0.192 e. The Morgan fingerprint density at radius 1 is 1.47 bits per heavy atom. The zero-order valence-electron chi connectivity index (χ0n) is 10.3. The number of benzene rings is 1. The molecule has 0 spiro atoms. The van der Waals surface area contributed by atoms with Gasteiger partial charge in [0.2, 0.25) is 0 Å². The lowest BCUT2D eigenvalue weighted by molar-refractivity contribution is 0.380. The molecular formula is C14H19N3. The molecule has 0 saturated carbocycles. The van der Waals surface area contributed by atoms with Crippen LogP contribution in [0.1, 0.15) is 24.1 Å². The van der Waals surface area contributed by atoms with Crippen LogP contribution in [0, 0.1) is 0 Å². The Kier molecular flexibility index (Phi) is 3.47. The Balaban J connectivity index is 2.18. The summed E-state index contributed by atoms with van der Waals surface area (Å²) in [5.41, 5.74) is 8.51. The first-order chi connectivity index (χ1) is 8.26. The molecule has 17 heavy (non-hydrogen) atoms. The minimum atomic E-state index is 0.263. The van der Waals surface area contributed by atoms with Crippen LogP contribution in [0.25, 0.3) is 0 Å². The number of rotatable bonds is 4. The Hall–Kier alpha value is -1.77. The number of nitrogens with two attached hydrogens (primary N) is 1. The van der Waals surface area contributed by atoms with Crippen molar-refractivity contribution in [1.29, 1.82) is 0 Å². The van der Waals surface area contributed by atoms with Crippen LogP contribution in [-0.4, -0.2) is 23.9 Å². The van der Waals surface area contributed by atoms with Gasteiger partial charge in [0.1, 0.15) is 0 Å². The summed E-state index contributed by atoms with van der Waals surface area (Å²) in [6.45, 7) is 7.41.